The van der Waals surface area contributed by atoms with E-state index < -0.39 is 0 Å². The van der Waals surface area contributed by atoms with Crippen LogP contribution < -0.4 is 9.64 Å². The Labute approximate surface area is 184 Å². The Morgan fingerprint density at radius 1 is 0.931 bits per heavy atom. The van der Waals surface area contributed by atoms with E-state index in [1.165, 1.54) is 0 Å². The second-order valence-corrected chi connectivity index (χ2v) is 7.75. The number of benzene rings is 3. The molecule has 0 saturated carbocycles. The van der Waals surface area contributed by atoms with E-state index in [-0.39, 0.29) is 5.91 Å². The molecule has 29 heavy (non-hydrogen) atoms. The van der Waals surface area contributed by atoms with Gasteiger partial charge < -0.3 is 4.74 Å². The van der Waals surface area contributed by atoms with E-state index in [0.29, 0.717) is 12.2 Å². The molecular formula is C25H20INO2. The molecule has 0 saturated heterocycles. The fourth-order valence-electron chi connectivity index (χ4n) is 3.32. The maximum Gasteiger partial charge on any atom is 0.262 e. The molecule has 4 heteroatoms. The highest BCUT2D eigenvalue weighted by molar-refractivity contribution is 14.1. The molecule has 0 radical (unpaired) electrons. The molecule has 1 amide bonds. The van der Waals surface area contributed by atoms with Crippen LogP contribution in [0.3, 0.4) is 0 Å². The van der Waals surface area contributed by atoms with Gasteiger partial charge in [0.1, 0.15) is 5.75 Å². The van der Waals surface area contributed by atoms with Crippen molar-refractivity contribution >= 4 is 46.0 Å². The topological polar surface area (TPSA) is 29.5 Å². The predicted octanol–water partition coefficient (Wildman–Crippen LogP) is 6.16. The Morgan fingerprint density at radius 2 is 1.62 bits per heavy atom. The number of carbonyl (C=O) groups is 1. The van der Waals surface area contributed by atoms with E-state index >= 15 is 0 Å². The van der Waals surface area contributed by atoms with Crippen LogP contribution in [0.1, 0.15) is 18.1 Å². The van der Waals surface area contributed by atoms with Crippen LogP contribution in [-0.4, -0.2) is 12.5 Å². The van der Waals surface area contributed by atoms with Gasteiger partial charge in [-0.3, -0.25) is 9.69 Å². The summed E-state index contributed by atoms with van der Waals surface area (Å²) in [6, 6.07) is 25.7. The summed E-state index contributed by atoms with van der Waals surface area (Å²) in [6.07, 6.45) is 3.90. The van der Waals surface area contributed by atoms with Gasteiger partial charge in [-0.2, -0.15) is 0 Å². The second kappa shape index (κ2) is 8.66. The highest BCUT2D eigenvalue weighted by atomic mass is 127. The molecule has 1 aliphatic rings. The SMILES string of the molecule is CCOc1ccc(/C=C2\C=C(c3ccccc3)N(c3ccccc3I)C2=O)cc1. The molecule has 3 aromatic rings. The Kier molecular flexibility index (Phi) is 5.81. The molecule has 1 heterocycles. The van der Waals surface area contributed by atoms with Crippen LogP contribution in [0.25, 0.3) is 11.8 Å². The standard InChI is InChI=1S/C25H20INO2/c1-2-29-21-14-12-18(13-15-21)16-20-17-24(19-8-4-3-5-9-19)27(25(20)28)23-11-7-6-10-22(23)26/h3-17H,2H2,1H3/b20-16+. The van der Waals surface area contributed by atoms with Crippen LogP contribution in [0.15, 0.2) is 90.5 Å². The molecule has 0 spiro atoms. The average molecular weight is 493 g/mol. The van der Waals surface area contributed by atoms with Crippen molar-refractivity contribution in [2.45, 2.75) is 6.92 Å². The number of hydrogen-bond acceptors (Lipinski definition) is 2. The van der Waals surface area contributed by atoms with Gasteiger partial charge >= 0.3 is 0 Å². The van der Waals surface area contributed by atoms with Crippen molar-refractivity contribution in [2.24, 2.45) is 0 Å². The van der Waals surface area contributed by atoms with Gasteiger partial charge in [-0.1, -0.05) is 54.6 Å². The van der Waals surface area contributed by atoms with Crippen molar-refractivity contribution in [3.8, 4) is 5.75 Å². The first-order valence-electron chi connectivity index (χ1n) is 9.48. The molecule has 0 atom stereocenters. The summed E-state index contributed by atoms with van der Waals surface area (Å²) >= 11 is 2.28. The third-order valence-corrected chi connectivity index (χ3v) is 5.57. The van der Waals surface area contributed by atoms with Crippen molar-refractivity contribution in [3.05, 3.63) is 105 Å². The lowest BCUT2D eigenvalue weighted by Crippen LogP contribution is -2.25. The van der Waals surface area contributed by atoms with Crippen LogP contribution in [-0.2, 0) is 4.79 Å². The van der Waals surface area contributed by atoms with E-state index in [9.17, 15) is 4.79 Å². The van der Waals surface area contributed by atoms with Crippen LogP contribution >= 0.6 is 22.6 Å². The molecular weight excluding hydrogens is 473 g/mol. The fourth-order valence-corrected chi connectivity index (χ4v) is 3.94. The molecule has 3 nitrogen and oxygen atoms in total. The molecule has 3 aromatic carbocycles. The Balaban J connectivity index is 1.77. The molecule has 0 N–H and O–H groups in total. The summed E-state index contributed by atoms with van der Waals surface area (Å²) in [5.74, 6) is 0.801. The normalized spacial score (nSPS) is 15.0. The number of ether oxygens (including phenoxy) is 1. The van der Waals surface area contributed by atoms with E-state index in [1.54, 1.807) is 4.90 Å². The number of para-hydroxylation sites is 1. The van der Waals surface area contributed by atoms with Gasteiger partial charge in [0, 0.05) is 9.14 Å². The van der Waals surface area contributed by atoms with E-state index in [2.05, 4.69) is 22.6 Å². The molecule has 144 valence electrons. The lowest BCUT2D eigenvalue weighted by molar-refractivity contribution is -0.113. The third-order valence-electron chi connectivity index (χ3n) is 4.66. The van der Waals surface area contributed by atoms with Crippen molar-refractivity contribution in [1.29, 1.82) is 0 Å². The van der Waals surface area contributed by atoms with Crippen LogP contribution in [0, 0.1) is 3.57 Å². The second-order valence-electron chi connectivity index (χ2n) is 6.59. The first-order valence-corrected chi connectivity index (χ1v) is 10.6. The smallest absolute Gasteiger partial charge is 0.262 e. The summed E-state index contributed by atoms with van der Waals surface area (Å²) in [7, 11) is 0. The van der Waals surface area contributed by atoms with E-state index in [4.69, 9.17) is 4.74 Å². The van der Waals surface area contributed by atoms with Gasteiger partial charge in [0.05, 0.1) is 18.0 Å². The number of carbonyl (C=O) groups excluding carboxylic acids is 1. The molecule has 1 aliphatic heterocycles. The zero-order valence-electron chi connectivity index (χ0n) is 16.0. The van der Waals surface area contributed by atoms with Gasteiger partial charge in [0.25, 0.3) is 5.91 Å². The van der Waals surface area contributed by atoms with Crippen molar-refractivity contribution in [3.63, 3.8) is 0 Å². The Morgan fingerprint density at radius 3 is 2.31 bits per heavy atom. The third kappa shape index (κ3) is 4.12. The first kappa shape index (κ1) is 19.5. The lowest BCUT2D eigenvalue weighted by atomic mass is 10.1. The minimum absolute atomic E-state index is 0.0261. The number of nitrogens with zero attached hydrogens (tertiary/aromatic N) is 1. The minimum Gasteiger partial charge on any atom is -0.494 e. The molecule has 0 unspecified atom stereocenters. The molecule has 0 fully saturated rings. The zero-order valence-corrected chi connectivity index (χ0v) is 18.2. The Hall–Kier alpha value is -2.86. The molecule has 0 bridgehead atoms. The first-order chi connectivity index (χ1) is 14.2. The quantitative estimate of drug-likeness (QED) is 0.315. The maximum absolute atomic E-state index is 13.4. The molecule has 0 aromatic heterocycles. The highest BCUT2D eigenvalue weighted by Gasteiger charge is 2.31. The monoisotopic (exact) mass is 493 g/mol. The lowest BCUT2D eigenvalue weighted by Gasteiger charge is -2.22. The fraction of sp³-hybridized carbons (Fsp3) is 0.0800. The van der Waals surface area contributed by atoms with Gasteiger partial charge in [-0.05, 0) is 77.1 Å². The largest absolute Gasteiger partial charge is 0.494 e. The van der Waals surface area contributed by atoms with Crippen molar-refractivity contribution in [1.82, 2.24) is 0 Å². The van der Waals surface area contributed by atoms with Crippen LogP contribution in [0.5, 0.6) is 5.75 Å². The van der Waals surface area contributed by atoms with Gasteiger partial charge in [-0.25, -0.2) is 0 Å². The number of hydrogen-bond donors (Lipinski definition) is 0. The molecule has 4 rings (SSSR count). The summed E-state index contributed by atoms with van der Waals surface area (Å²) < 4.78 is 6.54. The van der Waals surface area contributed by atoms with Crippen molar-refractivity contribution in [2.75, 3.05) is 11.5 Å². The van der Waals surface area contributed by atoms with E-state index in [0.717, 1.165) is 31.8 Å². The number of amides is 1. The summed E-state index contributed by atoms with van der Waals surface area (Å²) in [4.78, 5) is 15.2. The van der Waals surface area contributed by atoms with Gasteiger partial charge in [0.15, 0.2) is 0 Å². The summed E-state index contributed by atoms with van der Waals surface area (Å²) in [5.41, 5.74) is 4.41. The van der Waals surface area contributed by atoms with Crippen molar-refractivity contribution < 1.29 is 9.53 Å². The van der Waals surface area contributed by atoms with Crippen LogP contribution in [0.4, 0.5) is 5.69 Å². The number of anilines is 1. The zero-order chi connectivity index (χ0) is 20.2. The van der Waals surface area contributed by atoms with Gasteiger partial charge in [-0.15, -0.1) is 0 Å². The average Bonchev–Trinajstić information content (AvgIpc) is 3.07. The predicted molar refractivity (Wildman–Crippen MR) is 127 cm³/mol. The number of halogens is 1. The minimum atomic E-state index is -0.0261. The highest BCUT2D eigenvalue weighted by Crippen LogP contribution is 2.37. The summed E-state index contributed by atoms with van der Waals surface area (Å²) in [5, 5.41) is 0. The molecule has 0 aliphatic carbocycles. The van der Waals surface area contributed by atoms with Gasteiger partial charge in [0.2, 0.25) is 0 Å². The van der Waals surface area contributed by atoms with Crippen LogP contribution in [0.2, 0.25) is 0 Å². The number of rotatable bonds is 5. The maximum atomic E-state index is 13.4. The summed E-state index contributed by atoms with van der Waals surface area (Å²) in [6.45, 7) is 2.59. The van der Waals surface area contributed by atoms with E-state index in [1.807, 2.05) is 97.9 Å². The Bertz CT molecular complexity index is 1090.